The predicted molar refractivity (Wildman–Crippen MR) is 81.5 cm³/mol. The molecule has 0 aliphatic rings. The van der Waals surface area contributed by atoms with E-state index in [0.717, 1.165) is 11.6 Å². The first kappa shape index (κ1) is 16.5. The number of methoxy groups -OCH3 is 1. The molecule has 0 saturated heterocycles. The lowest BCUT2D eigenvalue weighted by Gasteiger charge is -2.08. The van der Waals surface area contributed by atoms with Crippen molar-refractivity contribution < 1.29 is 23.5 Å². The van der Waals surface area contributed by atoms with Crippen molar-refractivity contribution in [2.45, 2.75) is 6.61 Å². The van der Waals surface area contributed by atoms with E-state index in [9.17, 15) is 14.0 Å². The summed E-state index contributed by atoms with van der Waals surface area (Å²) < 4.78 is 23.3. The average molecular weight is 317 g/mol. The van der Waals surface area contributed by atoms with Gasteiger partial charge in [0.25, 0.3) is 5.91 Å². The lowest BCUT2D eigenvalue weighted by atomic mass is 10.2. The molecule has 5 nitrogen and oxygen atoms in total. The lowest BCUT2D eigenvalue weighted by Crippen LogP contribution is -2.30. The van der Waals surface area contributed by atoms with E-state index in [1.165, 1.54) is 19.2 Å². The molecule has 23 heavy (non-hydrogen) atoms. The molecule has 0 atom stereocenters. The molecule has 0 heterocycles. The fourth-order valence-corrected chi connectivity index (χ4v) is 1.85. The van der Waals surface area contributed by atoms with Crippen LogP contribution in [0.3, 0.4) is 0 Å². The Kier molecular flexibility index (Phi) is 5.68. The van der Waals surface area contributed by atoms with Crippen molar-refractivity contribution in [1.29, 1.82) is 0 Å². The first-order valence-electron chi connectivity index (χ1n) is 6.91. The molecule has 0 aliphatic heterocycles. The number of hydrogen-bond acceptors (Lipinski definition) is 4. The van der Waals surface area contributed by atoms with E-state index in [1.54, 1.807) is 0 Å². The zero-order chi connectivity index (χ0) is 16.7. The highest BCUT2D eigenvalue weighted by molar-refractivity contribution is 5.96. The van der Waals surface area contributed by atoms with Crippen LogP contribution in [0.5, 0.6) is 5.75 Å². The Morgan fingerprint density at radius 3 is 2.52 bits per heavy atom. The normalized spacial score (nSPS) is 10.0. The molecule has 2 aromatic carbocycles. The number of carbonyl (C=O) groups excluding carboxylic acids is 2. The fourth-order valence-electron chi connectivity index (χ4n) is 1.85. The quantitative estimate of drug-likeness (QED) is 0.830. The van der Waals surface area contributed by atoms with Gasteiger partial charge in [0.2, 0.25) is 0 Å². The van der Waals surface area contributed by atoms with Crippen LogP contribution in [0.1, 0.15) is 15.9 Å². The summed E-state index contributed by atoms with van der Waals surface area (Å²) in [5.74, 6) is -1.74. The largest absolute Gasteiger partial charge is 0.494 e. The van der Waals surface area contributed by atoms with Gasteiger partial charge in [-0.05, 0) is 23.8 Å². The molecule has 0 saturated carbocycles. The van der Waals surface area contributed by atoms with Crippen LogP contribution in [0.4, 0.5) is 4.39 Å². The molecule has 1 N–H and O–H groups in total. The Morgan fingerprint density at radius 2 is 1.87 bits per heavy atom. The number of esters is 1. The van der Waals surface area contributed by atoms with Crippen molar-refractivity contribution in [2.75, 3.05) is 13.7 Å². The number of amides is 1. The number of benzene rings is 2. The van der Waals surface area contributed by atoms with Crippen LogP contribution < -0.4 is 10.1 Å². The molecular weight excluding hydrogens is 301 g/mol. The molecule has 1 amide bonds. The van der Waals surface area contributed by atoms with Gasteiger partial charge in [-0.25, -0.2) is 4.39 Å². The van der Waals surface area contributed by atoms with Gasteiger partial charge in [-0.1, -0.05) is 30.3 Å². The summed E-state index contributed by atoms with van der Waals surface area (Å²) >= 11 is 0. The number of rotatable bonds is 6. The minimum atomic E-state index is -0.646. The topological polar surface area (TPSA) is 64.6 Å². The zero-order valence-corrected chi connectivity index (χ0v) is 12.5. The molecule has 2 aromatic rings. The second-order valence-corrected chi connectivity index (χ2v) is 4.68. The van der Waals surface area contributed by atoms with Gasteiger partial charge in [0.15, 0.2) is 11.6 Å². The second-order valence-electron chi connectivity index (χ2n) is 4.68. The molecule has 0 fully saturated rings. The van der Waals surface area contributed by atoms with Gasteiger partial charge in [0.1, 0.15) is 13.2 Å². The zero-order valence-electron chi connectivity index (χ0n) is 12.5. The highest BCUT2D eigenvalue weighted by atomic mass is 19.1. The summed E-state index contributed by atoms with van der Waals surface area (Å²) in [5.41, 5.74) is 0.948. The van der Waals surface area contributed by atoms with Crippen LogP contribution >= 0.6 is 0 Å². The highest BCUT2D eigenvalue weighted by Gasteiger charge is 2.12. The lowest BCUT2D eigenvalue weighted by molar-refractivity contribution is -0.143. The van der Waals surface area contributed by atoms with Crippen LogP contribution in [0.15, 0.2) is 48.5 Å². The van der Waals surface area contributed by atoms with Gasteiger partial charge in [0.05, 0.1) is 7.11 Å². The van der Waals surface area contributed by atoms with Crippen LogP contribution in [-0.4, -0.2) is 25.5 Å². The fraction of sp³-hybridized carbons (Fsp3) is 0.176. The summed E-state index contributed by atoms with van der Waals surface area (Å²) in [6, 6.07) is 13.0. The van der Waals surface area contributed by atoms with Crippen LogP contribution in [0, 0.1) is 5.82 Å². The Bertz CT molecular complexity index is 688. The highest BCUT2D eigenvalue weighted by Crippen LogP contribution is 2.17. The second kappa shape index (κ2) is 7.93. The summed E-state index contributed by atoms with van der Waals surface area (Å²) in [4.78, 5) is 23.4. The SMILES string of the molecule is COc1ccc(C(=O)NCC(=O)OCc2ccccc2)cc1F. The van der Waals surface area contributed by atoms with Crippen molar-refractivity contribution in [1.82, 2.24) is 5.32 Å². The van der Waals surface area contributed by atoms with Crippen LogP contribution in [0.2, 0.25) is 0 Å². The smallest absolute Gasteiger partial charge is 0.325 e. The molecule has 0 bridgehead atoms. The van der Waals surface area contributed by atoms with Crippen LogP contribution in [-0.2, 0) is 16.1 Å². The van der Waals surface area contributed by atoms with Crippen molar-refractivity contribution in [3.05, 3.63) is 65.5 Å². The summed E-state index contributed by atoms with van der Waals surface area (Å²) in [6.07, 6.45) is 0. The van der Waals surface area contributed by atoms with Gasteiger partial charge in [-0.3, -0.25) is 9.59 Å². The van der Waals surface area contributed by atoms with Gasteiger partial charge in [-0.15, -0.1) is 0 Å². The number of hydrogen-bond donors (Lipinski definition) is 1. The first-order chi connectivity index (χ1) is 11.1. The molecular formula is C17H16FNO4. The summed E-state index contributed by atoms with van der Waals surface area (Å²) in [7, 11) is 1.33. The summed E-state index contributed by atoms with van der Waals surface area (Å²) in [5, 5.41) is 2.38. The maximum Gasteiger partial charge on any atom is 0.325 e. The predicted octanol–water partition coefficient (Wildman–Crippen LogP) is 2.31. The Morgan fingerprint density at radius 1 is 1.13 bits per heavy atom. The van der Waals surface area contributed by atoms with E-state index >= 15 is 0 Å². The Hall–Kier alpha value is -2.89. The molecule has 0 spiro atoms. The Balaban J connectivity index is 1.81. The van der Waals surface area contributed by atoms with Gasteiger partial charge < -0.3 is 14.8 Å². The van der Waals surface area contributed by atoms with E-state index in [2.05, 4.69) is 5.32 Å². The number of nitrogens with one attached hydrogen (secondary N) is 1. The van der Waals surface area contributed by atoms with Gasteiger partial charge in [-0.2, -0.15) is 0 Å². The van der Waals surface area contributed by atoms with Crippen molar-refractivity contribution in [2.24, 2.45) is 0 Å². The van der Waals surface area contributed by atoms with Crippen molar-refractivity contribution in [3.63, 3.8) is 0 Å². The monoisotopic (exact) mass is 317 g/mol. The third-order valence-electron chi connectivity index (χ3n) is 3.05. The average Bonchev–Trinajstić information content (AvgIpc) is 2.58. The number of halogens is 1. The number of carbonyl (C=O) groups is 2. The van der Waals surface area contributed by atoms with Crippen LogP contribution in [0.25, 0.3) is 0 Å². The molecule has 0 aromatic heterocycles. The van der Waals surface area contributed by atoms with Crippen molar-refractivity contribution >= 4 is 11.9 Å². The van der Waals surface area contributed by atoms with Gasteiger partial charge in [0, 0.05) is 5.56 Å². The first-order valence-corrected chi connectivity index (χ1v) is 6.91. The maximum atomic E-state index is 13.5. The molecule has 0 unspecified atom stereocenters. The van der Waals surface area contributed by atoms with E-state index in [1.807, 2.05) is 30.3 Å². The van der Waals surface area contributed by atoms with Gasteiger partial charge >= 0.3 is 5.97 Å². The van der Waals surface area contributed by atoms with E-state index in [4.69, 9.17) is 9.47 Å². The molecule has 6 heteroatoms. The van der Waals surface area contributed by atoms with E-state index < -0.39 is 17.7 Å². The summed E-state index contributed by atoms with van der Waals surface area (Å²) in [6.45, 7) is -0.161. The minimum Gasteiger partial charge on any atom is -0.494 e. The van der Waals surface area contributed by atoms with Crippen molar-refractivity contribution in [3.8, 4) is 5.75 Å². The Labute approximate surface area is 133 Å². The minimum absolute atomic E-state index is 0.0452. The molecule has 2 rings (SSSR count). The molecule has 120 valence electrons. The van der Waals surface area contributed by atoms with E-state index in [0.29, 0.717) is 0 Å². The third-order valence-corrected chi connectivity index (χ3v) is 3.05. The molecule has 0 aliphatic carbocycles. The number of ether oxygens (including phenoxy) is 2. The maximum absolute atomic E-state index is 13.5. The third kappa shape index (κ3) is 4.81. The molecule has 0 radical (unpaired) electrons. The van der Waals surface area contributed by atoms with E-state index in [-0.39, 0.29) is 24.5 Å². The standard InChI is InChI=1S/C17H16FNO4/c1-22-15-8-7-13(9-14(15)18)17(21)19-10-16(20)23-11-12-5-3-2-4-6-12/h2-9H,10-11H2,1H3,(H,19,21).